The van der Waals surface area contributed by atoms with Gasteiger partial charge in [-0.3, -0.25) is 9.78 Å². The van der Waals surface area contributed by atoms with Crippen molar-refractivity contribution in [3.63, 3.8) is 0 Å². The lowest BCUT2D eigenvalue weighted by atomic mass is 10.1. The first-order valence-corrected chi connectivity index (χ1v) is 11.6. The molecule has 0 saturated carbocycles. The topological polar surface area (TPSA) is 102 Å². The molecule has 1 saturated heterocycles. The number of pyridine rings is 3. The van der Waals surface area contributed by atoms with E-state index < -0.39 is 0 Å². The Hall–Kier alpha value is -4.50. The first-order valence-electron chi connectivity index (χ1n) is 11.6. The van der Waals surface area contributed by atoms with Crippen molar-refractivity contribution in [2.24, 2.45) is 0 Å². The van der Waals surface area contributed by atoms with Crippen molar-refractivity contribution >= 4 is 39.8 Å². The Balaban J connectivity index is 1.36. The lowest BCUT2D eigenvalue weighted by molar-refractivity contribution is -0.111. The molecule has 0 unspecified atom stereocenters. The van der Waals surface area contributed by atoms with Crippen LogP contribution in [-0.4, -0.2) is 54.3 Å². The summed E-state index contributed by atoms with van der Waals surface area (Å²) in [6.07, 6.45) is 2.98. The Morgan fingerprint density at radius 3 is 2.78 bits per heavy atom. The minimum Gasteiger partial charge on any atom is -0.479 e. The summed E-state index contributed by atoms with van der Waals surface area (Å²) in [6, 6.07) is 17.3. The van der Waals surface area contributed by atoms with E-state index in [0.29, 0.717) is 30.6 Å². The fourth-order valence-corrected chi connectivity index (χ4v) is 3.99. The van der Waals surface area contributed by atoms with E-state index in [-0.39, 0.29) is 5.91 Å². The molecule has 4 aromatic rings. The van der Waals surface area contributed by atoms with Gasteiger partial charge in [0.05, 0.1) is 37.7 Å². The van der Waals surface area contributed by atoms with E-state index in [0.717, 1.165) is 46.8 Å². The molecule has 2 N–H and O–H groups in total. The number of benzene rings is 1. The summed E-state index contributed by atoms with van der Waals surface area (Å²) in [6.45, 7) is 6.48. The summed E-state index contributed by atoms with van der Waals surface area (Å²) in [5, 5.41) is 7.02. The highest BCUT2D eigenvalue weighted by atomic mass is 16.5. The Morgan fingerprint density at radius 2 is 1.97 bits per heavy atom. The zero-order valence-electron chi connectivity index (χ0n) is 19.9. The van der Waals surface area contributed by atoms with Gasteiger partial charge in [0.15, 0.2) is 0 Å². The van der Waals surface area contributed by atoms with E-state index >= 15 is 0 Å². The highest BCUT2D eigenvalue weighted by molar-refractivity contribution is 5.99. The number of carbonyl (C=O) groups is 1. The van der Waals surface area contributed by atoms with Gasteiger partial charge in [0.25, 0.3) is 0 Å². The summed E-state index contributed by atoms with van der Waals surface area (Å²) in [7, 11) is 1.60. The highest BCUT2D eigenvalue weighted by Gasteiger charge is 2.15. The zero-order chi connectivity index (χ0) is 24.9. The van der Waals surface area contributed by atoms with Crippen LogP contribution in [0.5, 0.6) is 5.88 Å². The molecular formula is C27H26N6O3. The molecule has 1 aliphatic rings. The summed E-state index contributed by atoms with van der Waals surface area (Å²) < 4.78 is 11.0. The number of anilines is 4. The average molecular weight is 483 g/mol. The molecule has 0 radical (unpaired) electrons. The standard InChI is InChI=1S/C27H26N6O3/c1-3-26(34)29-20-6-4-5-18(15-20)22-16-19-7-9-24(31-23(19)17-28-22)30-21-8-10-25(32-27(21)35-2)33-11-13-36-14-12-33/h3-10,15-17H,1,11-14H2,2H3,(H,29,34)(H,30,31). The van der Waals surface area contributed by atoms with Gasteiger partial charge in [-0.05, 0) is 48.5 Å². The number of amides is 1. The van der Waals surface area contributed by atoms with E-state index in [1.165, 1.54) is 6.08 Å². The summed E-state index contributed by atoms with van der Waals surface area (Å²) in [5.41, 5.74) is 3.82. The van der Waals surface area contributed by atoms with Gasteiger partial charge in [0, 0.05) is 29.7 Å². The van der Waals surface area contributed by atoms with Gasteiger partial charge < -0.3 is 25.0 Å². The third-order valence-electron chi connectivity index (χ3n) is 5.82. The van der Waals surface area contributed by atoms with E-state index in [4.69, 9.17) is 14.5 Å². The van der Waals surface area contributed by atoms with Gasteiger partial charge in [-0.2, -0.15) is 4.98 Å². The van der Waals surface area contributed by atoms with Crippen molar-refractivity contribution in [1.82, 2.24) is 15.0 Å². The summed E-state index contributed by atoms with van der Waals surface area (Å²) in [5.74, 6) is 1.76. The van der Waals surface area contributed by atoms with E-state index in [1.54, 1.807) is 13.3 Å². The Kier molecular flexibility index (Phi) is 6.72. The smallest absolute Gasteiger partial charge is 0.247 e. The van der Waals surface area contributed by atoms with Crippen molar-refractivity contribution < 1.29 is 14.3 Å². The molecule has 1 fully saturated rings. The van der Waals surface area contributed by atoms with Crippen molar-refractivity contribution in [2.45, 2.75) is 0 Å². The van der Waals surface area contributed by atoms with Crippen LogP contribution < -0.4 is 20.3 Å². The lowest BCUT2D eigenvalue weighted by Gasteiger charge is -2.28. The van der Waals surface area contributed by atoms with E-state index in [1.807, 2.05) is 54.6 Å². The number of hydrogen-bond donors (Lipinski definition) is 2. The predicted molar refractivity (Wildman–Crippen MR) is 141 cm³/mol. The predicted octanol–water partition coefficient (Wildman–Crippen LogP) is 4.41. The van der Waals surface area contributed by atoms with Gasteiger partial charge in [-0.25, -0.2) is 4.98 Å². The number of hydrogen-bond acceptors (Lipinski definition) is 8. The molecule has 5 rings (SSSR count). The summed E-state index contributed by atoms with van der Waals surface area (Å²) >= 11 is 0. The SMILES string of the molecule is C=CC(=O)Nc1cccc(-c2cc3ccc(Nc4ccc(N5CCOCC5)nc4OC)nc3cn2)c1. The number of morpholine rings is 1. The minimum atomic E-state index is -0.259. The molecule has 3 aromatic heterocycles. The molecule has 36 heavy (non-hydrogen) atoms. The molecule has 1 amide bonds. The van der Waals surface area contributed by atoms with Crippen LogP contribution in [0.1, 0.15) is 0 Å². The van der Waals surface area contributed by atoms with Gasteiger partial charge >= 0.3 is 0 Å². The molecule has 0 spiro atoms. The van der Waals surface area contributed by atoms with Crippen LogP contribution in [0.2, 0.25) is 0 Å². The molecule has 0 aliphatic carbocycles. The lowest BCUT2D eigenvalue weighted by Crippen LogP contribution is -2.36. The van der Waals surface area contributed by atoms with E-state index in [2.05, 4.69) is 32.1 Å². The van der Waals surface area contributed by atoms with Crippen LogP contribution in [0.15, 0.2) is 73.4 Å². The third-order valence-corrected chi connectivity index (χ3v) is 5.82. The Morgan fingerprint density at radius 1 is 1.11 bits per heavy atom. The fraction of sp³-hybridized carbons (Fsp3) is 0.185. The third kappa shape index (κ3) is 5.11. The van der Waals surface area contributed by atoms with Gasteiger partial charge in [-0.1, -0.05) is 18.7 Å². The van der Waals surface area contributed by atoms with Crippen LogP contribution in [0.25, 0.3) is 22.2 Å². The molecule has 0 atom stereocenters. The summed E-state index contributed by atoms with van der Waals surface area (Å²) in [4.78, 5) is 27.8. The maximum Gasteiger partial charge on any atom is 0.247 e. The van der Waals surface area contributed by atoms with Crippen LogP contribution in [0, 0.1) is 0 Å². The van der Waals surface area contributed by atoms with Crippen LogP contribution in [-0.2, 0) is 9.53 Å². The Labute approximate surface area is 208 Å². The maximum absolute atomic E-state index is 11.6. The number of ether oxygens (including phenoxy) is 2. The highest BCUT2D eigenvalue weighted by Crippen LogP contribution is 2.30. The monoisotopic (exact) mass is 482 g/mol. The molecular weight excluding hydrogens is 456 g/mol. The molecule has 182 valence electrons. The van der Waals surface area contributed by atoms with Crippen molar-refractivity contribution in [3.8, 4) is 17.1 Å². The van der Waals surface area contributed by atoms with Gasteiger partial charge in [-0.15, -0.1) is 0 Å². The number of nitrogens with zero attached hydrogens (tertiary/aromatic N) is 4. The first kappa shape index (κ1) is 23.3. The number of nitrogens with one attached hydrogen (secondary N) is 2. The second-order valence-corrected chi connectivity index (χ2v) is 8.18. The first-order chi connectivity index (χ1) is 17.6. The van der Waals surface area contributed by atoms with Crippen LogP contribution in [0.3, 0.4) is 0 Å². The molecule has 4 heterocycles. The quantitative estimate of drug-likeness (QED) is 0.374. The largest absolute Gasteiger partial charge is 0.479 e. The van der Waals surface area contributed by atoms with Gasteiger partial charge in [0.1, 0.15) is 17.3 Å². The maximum atomic E-state index is 11.6. The number of aromatic nitrogens is 3. The van der Waals surface area contributed by atoms with Crippen molar-refractivity contribution in [2.75, 3.05) is 48.9 Å². The number of carbonyl (C=O) groups excluding carboxylic acids is 1. The number of fused-ring (bicyclic) bond motifs is 1. The molecule has 9 nitrogen and oxygen atoms in total. The van der Waals surface area contributed by atoms with Crippen molar-refractivity contribution in [1.29, 1.82) is 0 Å². The second-order valence-electron chi connectivity index (χ2n) is 8.18. The Bertz CT molecular complexity index is 1420. The van der Waals surface area contributed by atoms with Crippen molar-refractivity contribution in [3.05, 3.63) is 73.4 Å². The van der Waals surface area contributed by atoms with E-state index in [9.17, 15) is 4.79 Å². The molecule has 1 aromatic carbocycles. The number of rotatable bonds is 7. The van der Waals surface area contributed by atoms with Gasteiger partial charge in [0.2, 0.25) is 11.8 Å². The molecule has 0 bridgehead atoms. The zero-order valence-corrected chi connectivity index (χ0v) is 19.9. The van der Waals surface area contributed by atoms with Crippen LogP contribution in [0.4, 0.5) is 23.0 Å². The molecule has 9 heteroatoms. The second kappa shape index (κ2) is 10.4. The van der Waals surface area contributed by atoms with Crippen LogP contribution >= 0.6 is 0 Å². The fourth-order valence-electron chi connectivity index (χ4n) is 3.99. The molecule has 1 aliphatic heterocycles. The number of methoxy groups -OCH3 is 1. The average Bonchev–Trinajstić information content (AvgIpc) is 2.93. The minimum absolute atomic E-state index is 0.259. The normalized spacial score (nSPS) is 13.3.